The predicted octanol–water partition coefficient (Wildman–Crippen LogP) is 12.8. The van der Waals surface area contributed by atoms with Crippen molar-refractivity contribution >= 4 is 11.9 Å². The fraction of sp³-hybridized carbons (Fsp3) is 0.618. The molecular weight excluding hydrogens is 1040 g/mol. The molecule has 8 fully saturated rings. The van der Waals surface area contributed by atoms with Crippen LogP contribution in [0.4, 0.5) is 0 Å². The molecule has 6 atom stereocenters. The number of hydrogen-bond acceptors (Lipinski definition) is 14. The third-order valence-corrected chi connectivity index (χ3v) is 19.5. The van der Waals surface area contributed by atoms with Gasteiger partial charge in [0.2, 0.25) is 0 Å². The Balaban J connectivity index is 0.000000154. The topological polar surface area (TPSA) is 158 Å². The Morgan fingerprint density at radius 3 is 1.07 bits per heavy atom. The second-order valence-corrected chi connectivity index (χ2v) is 25.3. The van der Waals surface area contributed by atoms with E-state index in [-0.39, 0.29) is 67.5 Å². The molecule has 0 amide bonds. The number of epoxide rings is 4. The van der Waals surface area contributed by atoms with Crippen molar-refractivity contribution in [2.75, 3.05) is 53.2 Å². The molecule has 14 heteroatoms. The van der Waals surface area contributed by atoms with Crippen LogP contribution in [0.25, 0.3) is 22.3 Å². The fourth-order valence-corrected chi connectivity index (χ4v) is 14.0. The molecule has 6 aliphatic carbocycles. The van der Waals surface area contributed by atoms with E-state index in [1.165, 1.54) is 63.8 Å². The van der Waals surface area contributed by atoms with Crippen LogP contribution in [0.15, 0.2) is 72.8 Å². The molecular formula is C68H84O14. The molecule has 0 bridgehead atoms. The average Bonchev–Trinajstić information content (AvgIpc) is 4.08. The summed E-state index contributed by atoms with van der Waals surface area (Å²) < 4.78 is 69.1. The molecule has 14 nitrogen and oxygen atoms in total. The highest BCUT2D eigenvalue weighted by molar-refractivity contribution is 5.83. The number of carbonyl (C=O) groups excluding carboxylic acids is 2. The van der Waals surface area contributed by atoms with E-state index < -0.39 is 0 Å². The van der Waals surface area contributed by atoms with Crippen LogP contribution in [0, 0.1) is 23.7 Å². The van der Waals surface area contributed by atoms with Gasteiger partial charge in [0.1, 0.15) is 35.2 Å². The Labute approximate surface area is 483 Å². The maximum atomic E-state index is 13.0. The Hall–Kier alpha value is -4.90. The van der Waals surface area contributed by atoms with Gasteiger partial charge in [0.15, 0.2) is 13.6 Å². The lowest BCUT2D eigenvalue weighted by Crippen LogP contribution is -2.29. The Morgan fingerprint density at radius 2 is 0.695 bits per heavy atom. The van der Waals surface area contributed by atoms with Gasteiger partial charge >= 0.3 is 11.9 Å². The summed E-state index contributed by atoms with van der Waals surface area (Å²) in [5, 5.41) is 0. The first-order chi connectivity index (χ1) is 40.2. The van der Waals surface area contributed by atoms with E-state index in [1.807, 2.05) is 30.3 Å². The van der Waals surface area contributed by atoms with Crippen LogP contribution < -0.4 is 18.9 Å². The Kier molecular flexibility index (Phi) is 17.7. The summed E-state index contributed by atoms with van der Waals surface area (Å²) in [5.41, 5.74) is 9.67. The highest BCUT2D eigenvalue weighted by Crippen LogP contribution is 2.49. The summed E-state index contributed by atoms with van der Waals surface area (Å²) in [6.45, 7) is 9.87. The van der Waals surface area contributed by atoms with Gasteiger partial charge in [0.25, 0.3) is 0 Å². The van der Waals surface area contributed by atoms with E-state index in [9.17, 15) is 9.59 Å². The summed E-state index contributed by atoms with van der Waals surface area (Å²) in [6, 6.07) is 24.7. The first-order valence-corrected chi connectivity index (χ1v) is 31.4. The largest absolute Gasteiger partial charge is 0.468 e. The molecule has 10 aliphatic rings. The standard InChI is InChI=1S/C34H42O8.C34H42O6/c1-21-32-14-26(41-20-40-25-8-6-24(7-9-25)37-17-29-19-39-29)10-12-30(32)31-13-11-27(15-33(21)31)42-34(35)22-2-4-23(5-3-22)36-16-28-18-38-28;1-21-32-16-26(39-20-38-25-8-4-23(5-9-25)15-29-19-37-29)10-12-30(32)31-13-11-27(17-33(21)31)40-34(35)24-6-2-22(3-7-24)14-28-18-36-28/h10-15,21-25,28-29H,2-9,16-20H2,1H3;10-13,16-17,21-25,28-29H,2-9,14-15,18-20H2,1H3. The normalized spacial score (nSPS) is 31.7. The molecule has 4 saturated carbocycles. The van der Waals surface area contributed by atoms with Crippen LogP contribution in [0.3, 0.4) is 0 Å². The number of fused-ring (bicyclic) bond motifs is 6. The maximum Gasteiger partial charge on any atom is 0.314 e. The molecule has 0 radical (unpaired) electrons. The molecule has 82 heavy (non-hydrogen) atoms. The van der Waals surface area contributed by atoms with Crippen molar-refractivity contribution in [2.24, 2.45) is 23.7 Å². The highest BCUT2D eigenvalue weighted by atomic mass is 16.7. The minimum absolute atomic E-state index is 0.00792. The van der Waals surface area contributed by atoms with Crippen molar-refractivity contribution in [3.05, 3.63) is 95.1 Å². The molecule has 0 spiro atoms. The van der Waals surface area contributed by atoms with E-state index in [0.717, 1.165) is 147 Å². The van der Waals surface area contributed by atoms with Crippen molar-refractivity contribution in [3.8, 4) is 45.3 Å². The van der Waals surface area contributed by atoms with Gasteiger partial charge in [-0.25, -0.2) is 0 Å². The number of hydrogen-bond donors (Lipinski definition) is 0. The summed E-state index contributed by atoms with van der Waals surface area (Å²) in [6.07, 6.45) is 21.2. The summed E-state index contributed by atoms with van der Waals surface area (Å²) >= 11 is 0. The van der Waals surface area contributed by atoms with E-state index in [4.69, 9.17) is 56.8 Å². The predicted molar refractivity (Wildman–Crippen MR) is 306 cm³/mol. The van der Waals surface area contributed by atoms with Gasteiger partial charge in [-0.05, 0) is 220 Å². The molecule has 4 heterocycles. The number of benzene rings is 4. The Morgan fingerprint density at radius 1 is 0.390 bits per heavy atom. The molecule has 4 saturated heterocycles. The number of rotatable bonds is 22. The zero-order valence-electron chi connectivity index (χ0n) is 48.1. The first kappa shape index (κ1) is 56.2. The molecule has 440 valence electrons. The van der Waals surface area contributed by atoms with Crippen LogP contribution in [0.1, 0.15) is 164 Å². The second-order valence-electron chi connectivity index (χ2n) is 25.3. The third kappa shape index (κ3) is 14.4. The SMILES string of the molecule is CC1c2cc(OCOC3CCC(CC4CO4)CC3)ccc2-c2ccc(OC(=O)C3CCC(CC4CO4)CC3)cc21.CC1c2cc(OCOC3CCC(OCC4CO4)CC3)ccc2-c2ccc(OC(=O)C3CCC(OCC4CO4)CC3)cc21. The lowest BCUT2D eigenvalue weighted by atomic mass is 9.80. The molecule has 4 aromatic rings. The van der Waals surface area contributed by atoms with Crippen molar-refractivity contribution in [3.63, 3.8) is 0 Å². The molecule has 4 aliphatic heterocycles. The first-order valence-electron chi connectivity index (χ1n) is 31.4. The van der Waals surface area contributed by atoms with Gasteiger partial charge < -0.3 is 56.8 Å². The summed E-state index contributed by atoms with van der Waals surface area (Å²) in [5.74, 6) is 4.53. The lowest BCUT2D eigenvalue weighted by molar-refractivity contribution is -0.141. The molecule has 4 aromatic carbocycles. The van der Waals surface area contributed by atoms with Crippen LogP contribution in [-0.4, -0.2) is 114 Å². The van der Waals surface area contributed by atoms with Gasteiger partial charge in [-0.2, -0.15) is 0 Å². The fourth-order valence-electron chi connectivity index (χ4n) is 14.0. The van der Waals surface area contributed by atoms with Gasteiger partial charge in [0.05, 0.1) is 88.1 Å². The van der Waals surface area contributed by atoms with E-state index >= 15 is 0 Å². The second kappa shape index (κ2) is 25.8. The molecule has 6 unspecified atom stereocenters. The maximum absolute atomic E-state index is 13.0. The average molecular weight is 1130 g/mol. The molecule has 0 aromatic heterocycles. The van der Waals surface area contributed by atoms with Crippen LogP contribution in [0.2, 0.25) is 0 Å². The van der Waals surface area contributed by atoms with E-state index in [1.54, 1.807) is 0 Å². The molecule has 14 rings (SSSR count). The zero-order valence-corrected chi connectivity index (χ0v) is 48.1. The summed E-state index contributed by atoms with van der Waals surface area (Å²) in [4.78, 5) is 25.9. The van der Waals surface area contributed by atoms with E-state index in [2.05, 4.69) is 56.3 Å². The van der Waals surface area contributed by atoms with Crippen molar-refractivity contribution < 1.29 is 66.4 Å². The van der Waals surface area contributed by atoms with Crippen LogP contribution in [0.5, 0.6) is 23.0 Å². The zero-order chi connectivity index (χ0) is 55.5. The number of carbonyl (C=O) groups is 2. The number of ether oxygens (including phenoxy) is 12. The lowest BCUT2D eigenvalue weighted by Gasteiger charge is -2.28. The molecule has 0 N–H and O–H groups in total. The van der Waals surface area contributed by atoms with Crippen molar-refractivity contribution in [1.29, 1.82) is 0 Å². The smallest absolute Gasteiger partial charge is 0.314 e. The highest BCUT2D eigenvalue weighted by Gasteiger charge is 2.36. The van der Waals surface area contributed by atoms with Crippen LogP contribution in [-0.2, 0) is 47.5 Å². The van der Waals surface area contributed by atoms with Crippen molar-refractivity contribution in [2.45, 2.75) is 190 Å². The van der Waals surface area contributed by atoms with Gasteiger partial charge in [-0.1, -0.05) is 38.1 Å². The minimum Gasteiger partial charge on any atom is -0.468 e. The monoisotopic (exact) mass is 1120 g/mol. The minimum atomic E-state index is -0.133. The number of esters is 2. The third-order valence-electron chi connectivity index (χ3n) is 19.5. The van der Waals surface area contributed by atoms with E-state index in [0.29, 0.717) is 54.5 Å². The van der Waals surface area contributed by atoms with Gasteiger partial charge in [0, 0.05) is 11.8 Å². The van der Waals surface area contributed by atoms with Crippen LogP contribution >= 0.6 is 0 Å². The van der Waals surface area contributed by atoms with Gasteiger partial charge in [-0.15, -0.1) is 0 Å². The van der Waals surface area contributed by atoms with Crippen molar-refractivity contribution in [1.82, 2.24) is 0 Å². The quantitative estimate of drug-likeness (QED) is 0.0317. The Bertz CT molecular complexity index is 2820. The van der Waals surface area contributed by atoms with Gasteiger partial charge in [-0.3, -0.25) is 9.59 Å². The summed E-state index contributed by atoms with van der Waals surface area (Å²) in [7, 11) is 0.